The molecule has 0 heterocycles. The molecule has 0 aromatic heterocycles. The van der Waals surface area contributed by atoms with E-state index in [1.165, 1.54) is 5.32 Å². The molecule has 0 unspecified atom stereocenters. The van der Waals surface area contributed by atoms with Crippen LogP contribution in [-0.2, 0) is 20.9 Å². The Hall–Kier alpha value is -3.53. The van der Waals surface area contributed by atoms with Gasteiger partial charge >= 0.3 is 30.4 Å². The predicted molar refractivity (Wildman–Crippen MR) is 109 cm³/mol. The number of carbonyl (C=O) groups excluding carboxylic acids is 2. The molecule has 0 bridgehead atoms. The fourth-order valence-electron chi connectivity index (χ4n) is 3.67. The molecule has 216 valence electrons. The maximum absolute atomic E-state index is 14.7. The van der Waals surface area contributed by atoms with Crippen molar-refractivity contribution in [3.63, 3.8) is 0 Å². The molecule has 2 N–H and O–H groups in total. The quantitative estimate of drug-likeness (QED) is 0.349. The predicted octanol–water partition coefficient (Wildman–Crippen LogP) is 7.30. The summed E-state index contributed by atoms with van der Waals surface area (Å²) in [6, 6.07) is 0.591. The van der Waals surface area contributed by atoms with Crippen molar-refractivity contribution in [3.05, 3.63) is 59.2 Å². The Morgan fingerprint density at radius 2 is 1.03 bits per heavy atom. The minimum atomic E-state index is -7.01. The van der Waals surface area contributed by atoms with Gasteiger partial charge in [-0.25, -0.2) is 0 Å². The molecule has 17 heteroatoms. The van der Waals surface area contributed by atoms with Crippen molar-refractivity contribution in [2.45, 2.75) is 49.6 Å². The van der Waals surface area contributed by atoms with E-state index in [2.05, 4.69) is 5.32 Å². The first-order valence-electron chi connectivity index (χ1n) is 10.2. The van der Waals surface area contributed by atoms with E-state index in [0.29, 0.717) is 19.1 Å². The monoisotopic (exact) mass is 586 g/mol. The van der Waals surface area contributed by atoms with E-state index >= 15 is 0 Å². The van der Waals surface area contributed by atoms with Crippen molar-refractivity contribution in [2.24, 2.45) is 0 Å². The Morgan fingerprint density at radius 1 is 0.590 bits per heavy atom. The van der Waals surface area contributed by atoms with Gasteiger partial charge in [-0.2, -0.15) is 57.1 Å². The van der Waals surface area contributed by atoms with Crippen LogP contribution >= 0.6 is 0 Å². The summed E-state index contributed by atoms with van der Waals surface area (Å²) in [5, 5.41) is 3.46. The SMILES string of the molecule is CC(=O)Nc1ccc(C(c2ccc(NC(C)=O)c(C(F)(F)C(F)(F)C(F)(F)F)c2)(C(F)(F)F)C(F)(F)F)cc1. The lowest BCUT2D eigenvalue weighted by atomic mass is 9.72. The fourth-order valence-corrected chi connectivity index (χ4v) is 3.67. The van der Waals surface area contributed by atoms with E-state index in [4.69, 9.17) is 0 Å². The second-order valence-electron chi connectivity index (χ2n) is 8.09. The van der Waals surface area contributed by atoms with Crippen molar-refractivity contribution in [2.75, 3.05) is 10.6 Å². The van der Waals surface area contributed by atoms with Crippen molar-refractivity contribution >= 4 is 23.2 Å². The number of carbonyl (C=O) groups is 2. The summed E-state index contributed by atoms with van der Waals surface area (Å²) in [5.41, 5.74) is -13.7. The van der Waals surface area contributed by atoms with Crippen LogP contribution in [0.5, 0.6) is 0 Å². The van der Waals surface area contributed by atoms with E-state index in [9.17, 15) is 66.7 Å². The van der Waals surface area contributed by atoms with Gasteiger partial charge in [0.1, 0.15) is 0 Å². The largest absolute Gasteiger partial charge is 0.460 e. The number of benzene rings is 2. The molecule has 0 fully saturated rings. The summed E-state index contributed by atoms with van der Waals surface area (Å²) in [5.74, 6) is -15.6. The van der Waals surface area contributed by atoms with Gasteiger partial charge in [-0.15, -0.1) is 0 Å². The number of hydrogen-bond donors (Lipinski definition) is 2. The van der Waals surface area contributed by atoms with Crippen LogP contribution in [0.15, 0.2) is 42.5 Å². The van der Waals surface area contributed by atoms with Gasteiger partial charge in [0, 0.05) is 19.5 Å². The molecule has 0 spiro atoms. The van der Waals surface area contributed by atoms with Crippen molar-refractivity contribution < 1.29 is 66.7 Å². The van der Waals surface area contributed by atoms with Gasteiger partial charge in [0.05, 0.1) is 11.3 Å². The van der Waals surface area contributed by atoms with Crippen LogP contribution in [0.4, 0.5) is 68.5 Å². The van der Waals surface area contributed by atoms with Crippen LogP contribution in [0, 0.1) is 0 Å². The molecule has 0 saturated carbocycles. The minimum Gasteiger partial charge on any atom is -0.326 e. The fraction of sp³-hybridized carbons (Fsp3) is 0.364. The first-order valence-corrected chi connectivity index (χ1v) is 10.2. The third-order valence-corrected chi connectivity index (χ3v) is 5.34. The van der Waals surface area contributed by atoms with Gasteiger partial charge in [0.25, 0.3) is 0 Å². The molecule has 39 heavy (non-hydrogen) atoms. The lowest BCUT2D eigenvalue weighted by Gasteiger charge is -2.39. The number of halogens is 13. The average molecular weight is 586 g/mol. The van der Waals surface area contributed by atoms with Crippen molar-refractivity contribution in [1.82, 2.24) is 0 Å². The van der Waals surface area contributed by atoms with Gasteiger partial charge in [-0.05, 0) is 35.4 Å². The van der Waals surface area contributed by atoms with E-state index in [-0.39, 0.29) is 30.0 Å². The Labute approximate surface area is 210 Å². The molecule has 4 nitrogen and oxygen atoms in total. The van der Waals surface area contributed by atoms with E-state index < -0.39 is 76.0 Å². The number of alkyl halides is 13. The molecular formula is C22H15F13N2O2. The van der Waals surface area contributed by atoms with E-state index in [1.54, 1.807) is 0 Å². The number of rotatable bonds is 6. The van der Waals surface area contributed by atoms with Crippen molar-refractivity contribution in [1.29, 1.82) is 0 Å². The molecule has 0 atom stereocenters. The zero-order valence-corrected chi connectivity index (χ0v) is 19.3. The number of nitrogens with one attached hydrogen (secondary N) is 2. The van der Waals surface area contributed by atoms with Crippen molar-refractivity contribution in [3.8, 4) is 0 Å². The molecule has 0 aliphatic rings. The average Bonchev–Trinajstić information content (AvgIpc) is 2.72. The lowest BCUT2D eigenvalue weighted by molar-refractivity contribution is -0.359. The summed E-state index contributed by atoms with van der Waals surface area (Å²) in [6.45, 7) is 1.52. The standard InChI is InChI=1S/C22H15F13N2O2/c1-10(38)36-14-6-3-12(4-7-14)17(20(27,28)29,21(30,31)32)13-5-8-16(37-11(2)39)15(9-13)18(23,24)19(25,26)22(33,34)35/h3-9H,1-2H3,(H,36,38)(H,37,39). The van der Waals surface area contributed by atoms with Gasteiger partial charge in [0.2, 0.25) is 17.2 Å². The second kappa shape index (κ2) is 9.89. The van der Waals surface area contributed by atoms with E-state index in [0.717, 1.165) is 6.92 Å². The molecule has 2 rings (SSSR count). The van der Waals surface area contributed by atoms with Crippen LogP contribution < -0.4 is 10.6 Å². The second-order valence-corrected chi connectivity index (χ2v) is 8.09. The first-order chi connectivity index (χ1) is 17.4. The first kappa shape index (κ1) is 31.7. The highest BCUT2D eigenvalue weighted by atomic mass is 19.4. The zero-order chi connectivity index (χ0) is 30.4. The van der Waals surface area contributed by atoms with Crippen LogP contribution in [0.3, 0.4) is 0 Å². The third kappa shape index (κ3) is 5.48. The number of anilines is 2. The molecule has 0 aliphatic heterocycles. The Bertz CT molecular complexity index is 1220. The number of hydrogen-bond acceptors (Lipinski definition) is 2. The summed E-state index contributed by atoms with van der Waals surface area (Å²) in [6.07, 6.45) is -19.9. The normalized spacial score (nSPS) is 13.7. The molecule has 0 radical (unpaired) electrons. The van der Waals surface area contributed by atoms with Crippen LogP contribution in [0.1, 0.15) is 30.5 Å². The molecule has 2 amide bonds. The highest BCUT2D eigenvalue weighted by molar-refractivity contribution is 5.90. The van der Waals surface area contributed by atoms with E-state index in [1.807, 2.05) is 0 Å². The summed E-state index contributed by atoms with van der Waals surface area (Å²) in [7, 11) is 0. The number of amides is 2. The van der Waals surface area contributed by atoms with Gasteiger partial charge < -0.3 is 10.6 Å². The third-order valence-electron chi connectivity index (χ3n) is 5.34. The summed E-state index contributed by atoms with van der Waals surface area (Å²) >= 11 is 0. The zero-order valence-electron chi connectivity index (χ0n) is 19.3. The maximum atomic E-state index is 14.7. The van der Waals surface area contributed by atoms with Gasteiger partial charge in [-0.3, -0.25) is 9.59 Å². The van der Waals surface area contributed by atoms with Crippen LogP contribution in [0.25, 0.3) is 0 Å². The molecular weight excluding hydrogens is 571 g/mol. The Kier molecular flexibility index (Phi) is 8.04. The summed E-state index contributed by atoms with van der Waals surface area (Å²) in [4.78, 5) is 22.4. The smallest absolute Gasteiger partial charge is 0.326 e. The lowest BCUT2D eigenvalue weighted by Crippen LogP contribution is -2.55. The highest BCUT2D eigenvalue weighted by Crippen LogP contribution is 2.59. The Morgan fingerprint density at radius 3 is 1.41 bits per heavy atom. The van der Waals surface area contributed by atoms with Crippen LogP contribution in [0.2, 0.25) is 0 Å². The summed E-state index contributed by atoms with van der Waals surface area (Å²) < 4.78 is 181. The molecule has 2 aromatic carbocycles. The topological polar surface area (TPSA) is 58.2 Å². The molecule has 0 saturated heterocycles. The molecule has 2 aromatic rings. The van der Waals surface area contributed by atoms with Gasteiger partial charge in [0.15, 0.2) is 0 Å². The minimum absolute atomic E-state index is 0.0790. The van der Waals surface area contributed by atoms with Gasteiger partial charge in [-0.1, -0.05) is 18.2 Å². The maximum Gasteiger partial charge on any atom is 0.460 e. The van der Waals surface area contributed by atoms with Crippen LogP contribution in [-0.4, -0.2) is 36.3 Å². The highest BCUT2D eigenvalue weighted by Gasteiger charge is 2.75. The molecule has 0 aliphatic carbocycles. The Balaban J connectivity index is 3.04.